The first-order chi connectivity index (χ1) is 10.3. The Bertz CT molecular complexity index is 600. The largest absolute Gasteiger partial charge is 0.326 e. The molecule has 0 amide bonds. The Kier molecular flexibility index (Phi) is 4.54. The van der Waals surface area contributed by atoms with Crippen molar-refractivity contribution in [3.05, 3.63) is 36.2 Å². The van der Waals surface area contributed by atoms with Gasteiger partial charge in [-0.2, -0.15) is 0 Å². The zero-order valence-corrected chi connectivity index (χ0v) is 13.6. The van der Waals surface area contributed by atoms with Crippen LogP contribution in [0.2, 0.25) is 0 Å². The van der Waals surface area contributed by atoms with E-state index in [0.29, 0.717) is 6.04 Å². The summed E-state index contributed by atoms with van der Waals surface area (Å²) in [5.74, 6) is 0.984. The van der Waals surface area contributed by atoms with Crippen molar-refractivity contribution in [1.82, 2.24) is 9.55 Å². The molecule has 1 aliphatic rings. The van der Waals surface area contributed by atoms with Crippen LogP contribution in [-0.4, -0.2) is 15.8 Å². The summed E-state index contributed by atoms with van der Waals surface area (Å²) in [4.78, 5) is 5.95. The summed E-state index contributed by atoms with van der Waals surface area (Å²) in [7, 11) is 0. The fourth-order valence-corrected chi connectivity index (χ4v) is 3.54. The lowest BCUT2D eigenvalue weighted by Gasteiger charge is -2.24. The lowest BCUT2D eigenvalue weighted by molar-refractivity contribution is 0.356. The predicted octanol–water partition coefficient (Wildman–Crippen LogP) is 5.16. The number of hydrogen-bond donors (Lipinski definition) is 1. The molecule has 1 aromatic heterocycles. The fourth-order valence-electron chi connectivity index (χ4n) is 3.08. The number of aromatic nitrogens is 2. The Labute approximate surface area is 131 Å². The van der Waals surface area contributed by atoms with E-state index >= 15 is 0 Å². The highest BCUT2D eigenvalue weighted by Crippen LogP contribution is 2.32. The third-order valence-electron chi connectivity index (χ3n) is 4.15. The quantitative estimate of drug-likeness (QED) is 0.791. The Balaban J connectivity index is 1.84. The summed E-state index contributed by atoms with van der Waals surface area (Å²) in [5, 5.41) is 3.50. The number of aryl methyl sites for hydroxylation is 1. The Morgan fingerprint density at radius 2 is 2.05 bits per heavy atom. The zero-order valence-electron chi connectivity index (χ0n) is 12.8. The molecule has 3 nitrogen and oxygen atoms in total. The van der Waals surface area contributed by atoms with E-state index in [2.05, 4.69) is 58.5 Å². The van der Waals surface area contributed by atoms with E-state index in [1.807, 2.05) is 0 Å². The summed E-state index contributed by atoms with van der Waals surface area (Å²) in [5.41, 5.74) is 2.20. The maximum absolute atomic E-state index is 4.68. The molecule has 0 aliphatic heterocycles. The molecular weight excluding hydrogens is 278 g/mol. The monoisotopic (exact) mass is 301 g/mol. The number of nitrogens with zero attached hydrogens (tertiary/aromatic N) is 2. The molecule has 0 atom stereocenters. The van der Waals surface area contributed by atoms with Crippen LogP contribution in [0.1, 0.15) is 43.8 Å². The van der Waals surface area contributed by atoms with Crippen molar-refractivity contribution < 1.29 is 0 Å². The van der Waals surface area contributed by atoms with Gasteiger partial charge in [-0.05, 0) is 44.2 Å². The van der Waals surface area contributed by atoms with E-state index in [1.165, 1.54) is 37.0 Å². The third-order valence-corrected chi connectivity index (χ3v) is 4.87. The van der Waals surface area contributed by atoms with Crippen LogP contribution in [0, 0.1) is 6.92 Å². The van der Waals surface area contributed by atoms with Crippen LogP contribution >= 0.6 is 11.8 Å². The van der Waals surface area contributed by atoms with Crippen LogP contribution in [-0.2, 0) is 0 Å². The molecule has 0 bridgehead atoms. The summed E-state index contributed by atoms with van der Waals surface area (Å²) in [6, 6.07) is 9.12. The minimum absolute atomic E-state index is 0.603. The van der Waals surface area contributed by atoms with Crippen molar-refractivity contribution in [1.29, 1.82) is 0 Å². The van der Waals surface area contributed by atoms with Crippen molar-refractivity contribution in [2.75, 3.05) is 11.6 Å². The van der Waals surface area contributed by atoms with Gasteiger partial charge in [-0.3, -0.25) is 0 Å². The van der Waals surface area contributed by atoms with Gasteiger partial charge in [-0.1, -0.05) is 25.3 Å². The second kappa shape index (κ2) is 6.56. The highest BCUT2D eigenvalue weighted by molar-refractivity contribution is 7.98. The first-order valence-corrected chi connectivity index (χ1v) is 8.95. The van der Waals surface area contributed by atoms with Gasteiger partial charge in [0.1, 0.15) is 0 Å². The molecule has 21 heavy (non-hydrogen) atoms. The van der Waals surface area contributed by atoms with E-state index in [9.17, 15) is 0 Å². The van der Waals surface area contributed by atoms with Crippen LogP contribution in [0.4, 0.5) is 11.6 Å². The normalized spacial score (nSPS) is 16.1. The van der Waals surface area contributed by atoms with Gasteiger partial charge in [0.15, 0.2) is 0 Å². The number of rotatable bonds is 4. The molecule has 1 fully saturated rings. The smallest absolute Gasteiger partial charge is 0.207 e. The van der Waals surface area contributed by atoms with Gasteiger partial charge in [-0.15, -0.1) is 11.8 Å². The summed E-state index contributed by atoms with van der Waals surface area (Å²) >= 11 is 1.76. The van der Waals surface area contributed by atoms with Gasteiger partial charge in [0, 0.05) is 22.8 Å². The van der Waals surface area contributed by atoms with Crippen molar-refractivity contribution in [2.45, 2.75) is 50.0 Å². The first-order valence-electron chi connectivity index (χ1n) is 7.73. The van der Waals surface area contributed by atoms with E-state index in [-0.39, 0.29) is 0 Å². The Hall–Kier alpha value is -1.42. The standard InChI is InChI=1S/C17H23N3S/c1-13-12-20(15-8-4-3-5-9-15)17(18-13)19-14-7-6-10-16(11-14)21-2/h6-7,10-12,15H,3-5,8-9H2,1-2H3,(H,18,19). The molecule has 1 heterocycles. The molecule has 3 rings (SSSR count). The predicted molar refractivity (Wildman–Crippen MR) is 90.6 cm³/mol. The van der Waals surface area contributed by atoms with Gasteiger partial charge in [-0.25, -0.2) is 4.98 Å². The number of imidazole rings is 1. The Morgan fingerprint density at radius 1 is 1.24 bits per heavy atom. The van der Waals surface area contributed by atoms with Crippen molar-refractivity contribution in [3.8, 4) is 0 Å². The summed E-state index contributed by atoms with van der Waals surface area (Å²) < 4.78 is 2.35. The second-order valence-corrected chi connectivity index (χ2v) is 6.64. The van der Waals surface area contributed by atoms with Crippen LogP contribution in [0.15, 0.2) is 35.4 Å². The molecule has 0 saturated heterocycles. The van der Waals surface area contributed by atoms with E-state index in [0.717, 1.165) is 17.3 Å². The highest BCUT2D eigenvalue weighted by atomic mass is 32.2. The molecule has 4 heteroatoms. The maximum atomic E-state index is 4.68. The number of thioether (sulfide) groups is 1. The average molecular weight is 301 g/mol. The average Bonchev–Trinajstić information content (AvgIpc) is 2.89. The highest BCUT2D eigenvalue weighted by Gasteiger charge is 2.18. The lowest BCUT2D eigenvalue weighted by atomic mass is 9.95. The van der Waals surface area contributed by atoms with Gasteiger partial charge in [0.2, 0.25) is 5.95 Å². The van der Waals surface area contributed by atoms with Crippen molar-refractivity contribution in [2.24, 2.45) is 0 Å². The van der Waals surface area contributed by atoms with E-state index < -0.39 is 0 Å². The van der Waals surface area contributed by atoms with Crippen LogP contribution in [0.5, 0.6) is 0 Å². The van der Waals surface area contributed by atoms with E-state index in [1.54, 1.807) is 11.8 Å². The van der Waals surface area contributed by atoms with Gasteiger partial charge in [0.05, 0.1) is 5.69 Å². The minimum atomic E-state index is 0.603. The second-order valence-electron chi connectivity index (χ2n) is 5.76. The summed E-state index contributed by atoms with van der Waals surface area (Å²) in [6.45, 7) is 2.07. The maximum Gasteiger partial charge on any atom is 0.207 e. The van der Waals surface area contributed by atoms with E-state index in [4.69, 9.17) is 0 Å². The molecule has 1 aromatic carbocycles. The molecule has 1 N–H and O–H groups in total. The molecule has 0 radical (unpaired) electrons. The van der Waals surface area contributed by atoms with Crippen LogP contribution < -0.4 is 5.32 Å². The number of anilines is 2. The molecule has 1 aliphatic carbocycles. The van der Waals surface area contributed by atoms with Crippen molar-refractivity contribution >= 4 is 23.4 Å². The molecule has 112 valence electrons. The van der Waals surface area contributed by atoms with Crippen molar-refractivity contribution in [3.63, 3.8) is 0 Å². The topological polar surface area (TPSA) is 29.9 Å². The Morgan fingerprint density at radius 3 is 2.81 bits per heavy atom. The van der Waals surface area contributed by atoms with Crippen LogP contribution in [0.3, 0.4) is 0 Å². The van der Waals surface area contributed by atoms with Gasteiger partial charge >= 0.3 is 0 Å². The van der Waals surface area contributed by atoms with Gasteiger partial charge < -0.3 is 9.88 Å². The molecule has 2 aromatic rings. The number of benzene rings is 1. The lowest BCUT2D eigenvalue weighted by Crippen LogP contribution is -2.14. The van der Waals surface area contributed by atoms with Crippen LogP contribution in [0.25, 0.3) is 0 Å². The van der Waals surface area contributed by atoms with Gasteiger partial charge in [0.25, 0.3) is 0 Å². The molecule has 1 saturated carbocycles. The first kappa shape index (κ1) is 14.5. The number of nitrogens with one attached hydrogen (secondary N) is 1. The zero-order chi connectivity index (χ0) is 14.7. The summed E-state index contributed by atoms with van der Waals surface area (Å²) in [6.07, 6.45) is 10.9. The fraction of sp³-hybridized carbons (Fsp3) is 0.471. The molecule has 0 unspecified atom stereocenters. The number of hydrogen-bond acceptors (Lipinski definition) is 3. The molecule has 0 spiro atoms. The molecular formula is C17H23N3S. The third kappa shape index (κ3) is 3.43. The minimum Gasteiger partial charge on any atom is -0.326 e. The SMILES string of the molecule is CSc1cccc(Nc2nc(C)cn2C2CCCCC2)c1.